The lowest BCUT2D eigenvalue weighted by Gasteiger charge is -2.14. The Bertz CT molecular complexity index is 608. The molecule has 0 heterocycles. The summed E-state index contributed by atoms with van der Waals surface area (Å²) in [6, 6.07) is 10.6. The van der Waals surface area contributed by atoms with Crippen LogP contribution in [-0.4, -0.2) is 0 Å². The predicted molar refractivity (Wildman–Crippen MR) is 81.3 cm³/mol. The second kappa shape index (κ2) is 6.27. The van der Waals surface area contributed by atoms with E-state index in [0.29, 0.717) is 17.2 Å². The highest BCUT2D eigenvalue weighted by atomic mass is 35.5. The molecule has 2 aromatic rings. The third-order valence-electron chi connectivity index (χ3n) is 3.28. The molecule has 0 bridgehead atoms. The molecule has 0 aliphatic carbocycles. The van der Waals surface area contributed by atoms with Crippen molar-refractivity contribution in [1.29, 1.82) is 0 Å². The van der Waals surface area contributed by atoms with Crippen LogP contribution in [0.15, 0.2) is 36.4 Å². The van der Waals surface area contributed by atoms with Gasteiger partial charge in [0.15, 0.2) is 11.6 Å². The zero-order valence-corrected chi connectivity index (χ0v) is 12.7. The van der Waals surface area contributed by atoms with Gasteiger partial charge in [-0.05, 0) is 42.2 Å². The van der Waals surface area contributed by atoms with Crippen LogP contribution in [-0.2, 0) is 5.88 Å². The van der Waals surface area contributed by atoms with Gasteiger partial charge in [-0.1, -0.05) is 32.0 Å². The fourth-order valence-corrected chi connectivity index (χ4v) is 2.46. The van der Waals surface area contributed by atoms with Crippen molar-refractivity contribution in [2.75, 3.05) is 0 Å². The summed E-state index contributed by atoms with van der Waals surface area (Å²) in [6.07, 6.45) is 0. The smallest absolute Gasteiger partial charge is 0.167 e. The Morgan fingerprint density at radius 3 is 2.55 bits per heavy atom. The lowest BCUT2D eigenvalue weighted by molar-refractivity contribution is 0.437. The fourth-order valence-electron chi connectivity index (χ4n) is 2.25. The van der Waals surface area contributed by atoms with Crippen molar-refractivity contribution < 1.29 is 9.13 Å². The molecule has 0 aromatic heterocycles. The van der Waals surface area contributed by atoms with Crippen LogP contribution in [0.1, 0.15) is 36.5 Å². The molecule has 0 unspecified atom stereocenters. The first kappa shape index (κ1) is 14.9. The summed E-state index contributed by atoms with van der Waals surface area (Å²) in [7, 11) is 0. The first-order chi connectivity index (χ1) is 9.52. The lowest BCUT2D eigenvalue weighted by Crippen LogP contribution is -1.96. The summed E-state index contributed by atoms with van der Waals surface area (Å²) in [5.74, 6) is 1.11. The minimum atomic E-state index is -0.395. The molecule has 0 saturated carbocycles. The first-order valence-electron chi connectivity index (χ1n) is 6.64. The van der Waals surface area contributed by atoms with E-state index in [-0.39, 0.29) is 11.6 Å². The van der Waals surface area contributed by atoms with Crippen LogP contribution in [0.25, 0.3) is 0 Å². The SMILES string of the molecule is Cc1cc(Oc2c(F)cccc2CCl)ccc1C(C)C. The number of para-hydroxylation sites is 1. The Morgan fingerprint density at radius 2 is 1.95 bits per heavy atom. The van der Waals surface area contributed by atoms with E-state index >= 15 is 0 Å². The number of rotatable bonds is 4. The molecule has 106 valence electrons. The average molecular weight is 293 g/mol. The van der Waals surface area contributed by atoms with E-state index < -0.39 is 5.82 Å². The van der Waals surface area contributed by atoms with Crippen LogP contribution in [0.3, 0.4) is 0 Å². The number of alkyl halides is 1. The van der Waals surface area contributed by atoms with Crippen molar-refractivity contribution >= 4 is 11.6 Å². The predicted octanol–water partition coefficient (Wildman–Crippen LogP) is 5.79. The molecule has 0 saturated heterocycles. The normalized spacial score (nSPS) is 10.9. The third-order valence-corrected chi connectivity index (χ3v) is 3.56. The Balaban J connectivity index is 2.34. The quantitative estimate of drug-likeness (QED) is 0.648. The molecular formula is C17H18ClFO. The average Bonchev–Trinajstić information content (AvgIpc) is 2.40. The van der Waals surface area contributed by atoms with Crippen molar-refractivity contribution in [2.45, 2.75) is 32.6 Å². The van der Waals surface area contributed by atoms with Crippen LogP contribution < -0.4 is 4.74 Å². The van der Waals surface area contributed by atoms with E-state index in [9.17, 15) is 4.39 Å². The summed E-state index contributed by atoms with van der Waals surface area (Å²) < 4.78 is 19.5. The van der Waals surface area contributed by atoms with Gasteiger partial charge in [0.25, 0.3) is 0 Å². The third kappa shape index (κ3) is 3.13. The van der Waals surface area contributed by atoms with Gasteiger partial charge in [-0.2, -0.15) is 0 Å². The highest BCUT2D eigenvalue weighted by Crippen LogP contribution is 2.31. The van der Waals surface area contributed by atoms with Gasteiger partial charge < -0.3 is 4.74 Å². The van der Waals surface area contributed by atoms with Crippen LogP contribution in [0, 0.1) is 12.7 Å². The second-order valence-electron chi connectivity index (χ2n) is 5.14. The number of benzene rings is 2. The van der Waals surface area contributed by atoms with Crippen molar-refractivity contribution in [3.8, 4) is 11.5 Å². The monoisotopic (exact) mass is 292 g/mol. The van der Waals surface area contributed by atoms with Gasteiger partial charge in [0.1, 0.15) is 5.75 Å². The molecule has 1 nitrogen and oxygen atoms in total. The van der Waals surface area contributed by atoms with Gasteiger partial charge in [-0.15, -0.1) is 11.6 Å². The topological polar surface area (TPSA) is 9.23 Å². The zero-order chi connectivity index (χ0) is 14.7. The van der Waals surface area contributed by atoms with Gasteiger partial charge in [0.2, 0.25) is 0 Å². The Labute approximate surface area is 124 Å². The molecule has 3 heteroatoms. The first-order valence-corrected chi connectivity index (χ1v) is 7.18. The van der Waals surface area contributed by atoms with Gasteiger partial charge in [0, 0.05) is 5.56 Å². The fraction of sp³-hybridized carbons (Fsp3) is 0.294. The Hall–Kier alpha value is -1.54. The largest absolute Gasteiger partial charge is 0.454 e. The molecule has 2 aromatic carbocycles. The maximum atomic E-state index is 13.8. The van der Waals surface area contributed by atoms with Gasteiger partial charge >= 0.3 is 0 Å². The van der Waals surface area contributed by atoms with E-state index in [1.807, 2.05) is 25.1 Å². The highest BCUT2D eigenvalue weighted by Gasteiger charge is 2.11. The summed E-state index contributed by atoms with van der Waals surface area (Å²) in [4.78, 5) is 0. The highest BCUT2D eigenvalue weighted by molar-refractivity contribution is 6.17. The Morgan fingerprint density at radius 1 is 1.20 bits per heavy atom. The lowest BCUT2D eigenvalue weighted by atomic mass is 9.98. The van der Waals surface area contributed by atoms with E-state index in [1.165, 1.54) is 11.6 Å². The molecule has 0 amide bonds. The summed E-state index contributed by atoms with van der Waals surface area (Å²) in [5, 5.41) is 0. The molecule has 0 spiro atoms. The van der Waals surface area contributed by atoms with Crippen molar-refractivity contribution in [1.82, 2.24) is 0 Å². The van der Waals surface area contributed by atoms with Crippen molar-refractivity contribution in [3.63, 3.8) is 0 Å². The van der Waals surface area contributed by atoms with Gasteiger partial charge in [0.05, 0.1) is 5.88 Å². The Kier molecular flexibility index (Phi) is 4.66. The maximum Gasteiger partial charge on any atom is 0.167 e. The number of hydrogen-bond donors (Lipinski definition) is 0. The molecule has 0 radical (unpaired) electrons. The van der Waals surface area contributed by atoms with E-state index in [4.69, 9.17) is 16.3 Å². The van der Waals surface area contributed by atoms with Crippen LogP contribution in [0.2, 0.25) is 0 Å². The molecule has 0 fully saturated rings. The minimum Gasteiger partial charge on any atom is -0.454 e. The number of ether oxygens (including phenoxy) is 1. The number of halogens is 2. The zero-order valence-electron chi connectivity index (χ0n) is 11.9. The molecule has 2 rings (SSSR count). The van der Waals surface area contributed by atoms with Crippen LogP contribution in [0.4, 0.5) is 4.39 Å². The number of hydrogen-bond acceptors (Lipinski definition) is 1. The molecule has 0 N–H and O–H groups in total. The molecule has 0 atom stereocenters. The summed E-state index contributed by atoms with van der Waals surface area (Å²) in [5.41, 5.74) is 3.06. The summed E-state index contributed by atoms with van der Waals surface area (Å²) in [6.45, 7) is 6.32. The maximum absolute atomic E-state index is 13.8. The van der Waals surface area contributed by atoms with Gasteiger partial charge in [-0.25, -0.2) is 4.39 Å². The van der Waals surface area contributed by atoms with Crippen molar-refractivity contribution in [2.24, 2.45) is 0 Å². The van der Waals surface area contributed by atoms with Crippen molar-refractivity contribution in [3.05, 3.63) is 58.9 Å². The molecular weight excluding hydrogens is 275 g/mol. The molecule has 20 heavy (non-hydrogen) atoms. The second-order valence-corrected chi connectivity index (χ2v) is 5.40. The molecule has 0 aliphatic heterocycles. The van der Waals surface area contributed by atoms with Gasteiger partial charge in [-0.3, -0.25) is 0 Å². The number of aryl methyl sites for hydroxylation is 1. The molecule has 0 aliphatic rings. The van der Waals surface area contributed by atoms with E-state index in [0.717, 1.165) is 5.56 Å². The standard InChI is InChI=1S/C17H18ClFO/c1-11(2)15-8-7-14(9-12(15)3)20-17-13(10-18)5-4-6-16(17)19/h4-9,11H,10H2,1-3H3. The van der Waals surface area contributed by atoms with Crippen LogP contribution in [0.5, 0.6) is 11.5 Å². The van der Waals surface area contributed by atoms with Crippen LogP contribution >= 0.6 is 11.6 Å². The van der Waals surface area contributed by atoms with E-state index in [2.05, 4.69) is 13.8 Å². The van der Waals surface area contributed by atoms with E-state index in [1.54, 1.807) is 12.1 Å². The summed E-state index contributed by atoms with van der Waals surface area (Å²) >= 11 is 5.82. The minimum absolute atomic E-state index is 0.208.